The number of amides is 3. The van der Waals surface area contributed by atoms with Crippen molar-refractivity contribution in [2.24, 2.45) is 17.3 Å². The van der Waals surface area contributed by atoms with Crippen LogP contribution in [0.1, 0.15) is 60.8 Å². The summed E-state index contributed by atoms with van der Waals surface area (Å²) in [7, 11) is 1.74. The predicted molar refractivity (Wildman–Crippen MR) is 137 cm³/mol. The smallest absolute Gasteiger partial charge is 0.249 e. The maximum Gasteiger partial charge on any atom is 0.249 e. The Balaban J connectivity index is 1.82. The Bertz CT molecular complexity index is 982. The van der Waals surface area contributed by atoms with Crippen molar-refractivity contribution in [3.63, 3.8) is 0 Å². The summed E-state index contributed by atoms with van der Waals surface area (Å²) in [5.41, 5.74) is -2.67. The minimum absolute atomic E-state index is 0.00133. The Kier molecular flexibility index (Phi) is 6.70. The number of aliphatic hydroxyl groups is 1. The Hall–Kier alpha value is -2.19. The second kappa shape index (κ2) is 8.98. The zero-order valence-corrected chi connectivity index (χ0v) is 22.9. The van der Waals surface area contributed by atoms with Crippen molar-refractivity contribution in [2.75, 3.05) is 33.3 Å². The molecule has 2 fully saturated rings. The van der Waals surface area contributed by atoms with Crippen LogP contribution in [0.4, 0.5) is 0 Å². The average molecular weight is 502 g/mol. The Labute approximate surface area is 215 Å². The monoisotopic (exact) mass is 501 g/mol. The molecule has 1 spiro atoms. The van der Waals surface area contributed by atoms with Crippen LogP contribution in [0.2, 0.25) is 0 Å². The van der Waals surface area contributed by atoms with Crippen LogP contribution in [0.5, 0.6) is 0 Å². The van der Waals surface area contributed by atoms with E-state index in [0.717, 1.165) is 6.42 Å². The molecule has 1 N–H and O–H groups in total. The molecule has 4 heterocycles. The van der Waals surface area contributed by atoms with Crippen LogP contribution in [-0.2, 0) is 19.1 Å². The van der Waals surface area contributed by atoms with Crippen LogP contribution in [0.15, 0.2) is 24.3 Å². The summed E-state index contributed by atoms with van der Waals surface area (Å²) in [5.74, 6) is -1.99. The number of hydrogen-bond acceptors (Lipinski definition) is 5. The molecule has 3 amide bonds. The van der Waals surface area contributed by atoms with Gasteiger partial charge < -0.3 is 24.5 Å². The van der Waals surface area contributed by atoms with Crippen molar-refractivity contribution in [1.29, 1.82) is 0 Å². The second-order valence-electron chi connectivity index (χ2n) is 13.0. The van der Waals surface area contributed by atoms with Gasteiger partial charge in [-0.15, -0.1) is 0 Å². The average Bonchev–Trinajstić information content (AvgIpc) is 3.01. The zero-order valence-electron chi connectivity index (χ0n) is 22.9. The van der Waals surface area contributed by atoms with Gasteiger partial charge in [-0.05, 0) is 45.4 Å². The topological polar surface area (TPSA) is 90.4 Å². The van der Waals surface area contributed by atoms with Gasteiger partial charge >= 0.3 is 0 Å². The zero-order chi connectivity index (χ0) is 26.7. The summed E-state index contributed by atoms with van der Waals surface area (Å²) in [6, 6.07) is -0.859. The highest BCUT2D eigenvalue weighted by atomic mass is 16.5. The highest BCUT2D eigenvalue weighted by molar-refractivity contribution is 6.00. The molecule has 36 heavy (non-hydrogen) atoms. The van der Waals surface area contributed by atoms with Crippen molar-refractivity contribution in [1.82, 2.24) is 14.7 Å². The summed E-state index contributed by atoms with van der Waals surface area (Å²) >= 11 is 0. The molecule has 0 aromatic carbocycles. The molecule has 0 aromatic heterocycles. The van der Waals surface area contributed by atoms with Crippen molar-refractivity contribution < 1.29 is 24.2 Å². The first kappa shape index (κ1) is 26.9. The molecule has 200 valence electrons. The lowest BCUT2D eigenvalue weighted by Crippen LogP contribution is -2.60. The number of unbranched alkanes of at least 4 members (excludes halogenated alkanes) is 1. The SMILES string of the molecule is CN1CC=C[C@@]2(C)O[C@]34C=CCN(C(C)(C)CC(C)(C)C)C(=O)C3N(CCCCO)C(=O)[C@@H]4[C@H]2C1=O. The number of ether oxygens (including phenoxy) is 1. The van der Waals surface area contributed by atoms with Gasteiger partial charge in [0.05, 0.1) is 17.4 Å². The van der Waals surface area contributed by atoms with E-state index in [1.54, 1.807) is 16.8 Å². The number of fused-ring (bicyclic) bond motifs is 2. The van der Waals surface area contributed by atoms with E-state index < -0.39 is 34.6 Å². The number of likely N-dealkylation sites (N-methyl/N-ethyl adjacent to an activating group) is 1. The molecule has 1 unspecified atom stereocenters. The maximum absolute atomic E-state index is 14.5. The number of hydrogen-bond donors (Lipinski definition) is 1. The molecule has 0 saturated carbocycles. The molecule has 4 aliphatic rings. The number of rotatable bonds is 6. The van der Waals surface area contributed by atoms with E-state index >= 15 is 0 Å². The first-order valence-corrected chi connectivity index (χ1v) is 13.2. The third-order valence-electron chi connectivity index (χ3n) is 8.26. The summed E-state index contributed by atoms with van der Waals surface area (Å²) in [6.07, 6.45) is 9.55. The molecule has 0 aromatic rings. The van der Waals surface area contributed by atoms with Crippen LogP contribution >= 0.6 is 0 Å². The van der Waals surface area contributed by atoms with Gasteiger partial charge in [-0.1, -0.05) is 45.1 Å². The Morgan fingerprint density at radius 3 is 2.28 bits per heavy atom. The lowest BCUT2D eigenvalue weighted by atomic mass is 9.74. The fourth-order valence-electron chi connectivity index (χ4n) is 7.21. The molecule has 2 saturated heterocycles. The predicted octanol–water partition coefficient (Wildman–Crippen LogP) is 2.37. The van der Waals surface area contributed by atoms with E-state index in [1.165, 1.54) is 0 Å². The number of aliphatic hydroxyl groups excluding tert-OH is 1. The van der Waals surface area contributed by atoms with Gasteiger partial charge in [-0.3, -0.25) is 14.4 Å². The highest BCUT2D eigenvalue weighted by Gasteiger charge is 2.74. The quantitative estimate of drug-likeness (QED) is 0.446. The summed E-state index contributed by atoms with van der Waals surface area (Å²) in [5, 5.41) is 9.36. The van der Waals surface area contributed by atoms with Crippen LogP contribution in [-0.4, -0.2) is 93.6 Å². The lowest BCUT2D eigenvalue weighted by molar-refractivity contribution is -0.156. The van der Waals surface area contributed by atoms with Gasteiger partial charge in [0.25, 0.3) is 0 Å². The van der Waals surface area contributed by atoms with Gasteiger partial charge in [-0.2, -0.15) is 0 Å². The maximum atomic E-state index is 14.5. The van der Waals surface area contributed by atoms with Crippen LogP contribution in [0, 0.1) is 17.3 Å². The van der Waals surface area contributed by atoms with Gasteiger partial charge in [-0.25, -0.2) is 0 Å². The standard InChI is InChI=1S/C28H43N3O5/c1-25(2,3)18-26(4,5)31-16-11-13-28-20(19-22(33)29(7)14-10-12-27(19,6)36-28)23(34)30(15-8-9-17-32)21(28)24(31)35/h10-13,19-21,32H,8-9,14-18H2,1-7H3/t19-,20-,21?,27+,28-/m0/s1. The number of carbonyl (C=O) groups is 3. The molecular weight excluding hydrogens is 458 g/mol. The van der Waals surface area contributed by atoms with E-state index in [2.05, 4.69) is 34.6 Å². The van der Waals surface area contributed by atoms with Crippen LogP contribution in [0.25, 0.3) is 0 Å². The minimum Gasteiger partial charge on any atom is -0.396 e. The highest BCUT2D eigenvalue weighted by Crippen LogP contribution is 2.57. The molecule has 8 nitrogen and oxygen atoms in total. The first-order chi connectivity index (χ1) is 16.7. The van der Waals surface area contributed by atoms with Gasteiger partial charge in [0.2, 0.25) is 17.7 Å². The molecule has 5 atom stereocenters. The number of nitrogens with zero attached hydrogens (tertiary/aromatic N) is 3. The summed E-state index contributed by atoms with van der Waals surface area (Å²) < 4.78 is 6.81. The summed E-state index contributed by atoms with van der Waals surface area (Å²) in [6.45, 7) is 13.7. The van der Waals surface area contributed by atoms with Crippen molar-refractivity contribution in [2.45, 2.75) is 83.6 Å². The molecule has 0 radical (unpaired) electrons. The third kappa shape index (κ3) is 4.20. The minimum atomic E-state index is -1.22. The van der Waals surface area contributed by atoms with E-state index in [0.29, 0.717) is 32.5 Å². The molecule has 4 aliphatic heterocycles. The third-order valence-corrected chi connectivity index (χ3v) is 8.26. The summed E-state index contributed by atoms with van der Waals surface area (Å²) in [4.78, 5) is 47.3. The number of carbonyl (C=O) groups excluding carboxylic acids is 3. The number of likely N-dealkylation sites (tertiary alicyclic amines) is 1. The Morgan fingerprint density at radius 1 is 0.972 bits per heavy atom. The fraction of sp³-hybridized carbons (Fsp3) is 0.750. The van der Waals surface area contributed by atoms with E-state index in [1.807, 2.05) is 36.1 Å². The molecule has 0 bridgehead atoms. The van der Waals surface area contributed by atoms with Gasteiger partial charge in [0, 0.05) is 38.8 Å². The molecule has 0 aliphatic carbocycles. The second-order valence-corrected chi connectivity index (χ2v) is 13.0. The normalized spacial score (nSPS) is 34.6. The largest absolute Gasteiger partial charge is 0.396 e. The van der Waals surface area contributed by atoms with E-state index in [4.69, 9.17) is 4.74 Å². The Morgan fingerprint density at radius 2 is 1.64 bits per heavy atom. The van der Waals surface area contributed by atoms with Crippen molar-refractivity contribution in [3.8, 4) is 0 Å². The van der Waals surface area contributed by atoms with Crippen LogP contribution in [0.3, 0.4) is 0 Å². The van der Waals surface area contributed by atoms with Crippen molar-refractivity contribution in [3.05, 3.63) is 24.3 Å². The van der Waals surface area contributed by atoms with E-state index in [-0.39, 0.29) is 29.7 Å². The lowest BCUT2D eigenvalue weighted by Gasteiger charge is -2.44. The molecule has 8 heteroatoms. The van der Waals surface area contributed by atoms with Crippen molar-refractivity contribution >= 4 is 17.7 Å². The molecular formula is C28H43N3O5. The first-order valence-electron chi connectivity index (χ1n) is 13.2. The van der Waals surface area contributed by atoms with Gasteiger partial charge in [0.15, 0.2) is 0 Å². The van der Waals surface area contributed by atoms with E-state index in [9.17, 15) is 19.5 Å². The molecule has 4 rings (SSSR count). The fourth-order valence-corrected chi connectivity index (χ4v) is 7.21. The van der Waals surface area contributed by atoms with Crippen LogP contribution < -0.4 is 0 Å². The van der Waals surface area contributed by atoms with Gasteiger partial charge in [0.1, 0.15) is 11.6 Å².